The van der Waals surface area contributed by atoms with Crippen LogP contribution >= 0.6 is 0 Å². The van der Waals surface area contributed by atoms with Crippen molar-refractivity contribution in [1.29, 1.82) is 0 Å². The summed E-state index contributed by atoms with van der Waals surface area (Å²) < 4.78 is 59.9. The number of hydrogen-bond acceptors (Lipinski definition) is 4. The van der Waals surface area contributed by atoms with Gasteiger partial charge in [-0.1, -0.05) is 0 Å². The van der Waals surface area contributed by atoms with Crippen LogP contribution in [0.5, 0.6) is 5.75 Å². The molecule has 0 unspecified atom stereocenters. The van der Waals surface area contributed by atoms with Crippen LogP contribution in [0.4, 0.5) is 17.6 Å². The van der Waals surface area contributed by atoms with Crippen LogP contribution in [0.1, 0.15) is 47.6 Å². The van der Waals surface area contributed by atoms with Gasteiger partial charge in [-0.2, -0.15) is 18.3 Å². The lowest BCUT2D eigenvalue weighted by molar-refractivity contribution is -0.141. The quantitative estimate of drug-likeness (QED) is 0.571. The van der Waals surface area contributed by atoms with Crippen molar-refractivity contribution in [1.82, 2.24) is 20.1 Å². The van der Waals surface area contributed by atoms with Crippen LogP contribution in [0.15, 0.2) is 42.6 Å². The molecule has 3 aromatic rings. The Hall–Kier alpha value is -3.43. The van der Waals surface area contributed by atoms with E-state index in [1.807, 2.05) is 0 Å². The van der Waals surface area contributed by atoms with Crippen molar-refractivity contribution in [3.8, 4) is 17.0 Å². The molecular formula is C22H20F4N4O2. The van der Waals surface area contributed by atoms with Crippen molar-refractivity contribution in [2.75, 3.05) is 6.61 Å². The lowest BCUT2D eigenvalue weighted by Gasteiger charge is -2.24. The number of alkyl halides is 3. The minimum Gasteiger partial charge on any atom is -0.494 e. The summed E-state index contributed by atoms with van der Waals surface area (Å²) in [7, 11) is 0. The Labute approximate surface area is 181 Å². The van der Waals surface area contributed by atoms with E-state index in [0.717, 1.165) is 24.8 Å². The molecule has 1 aliphatic heterocycles. The number of rotatable bonds is 5. The second-order valence-corrected chi connectivity index (χ2v) is 7.38. The fraction of sp³-hybridized carbons (Fsp3) is 0.318. The molecule has 1 aromatic carbocycles. The number of nitrogens with zero attached hydrogens (tertiary/aromatic N) is 3. The number of pyridine rings is 1. The summed E-state index contributed by atoms with van der Waals surface area (Å²) in [4.78, 5) is 16.1. The van der Waals surface area contributed by atoms with Crippen LogP contribution in [-0.4, -0.2) is 27.3 Å². The van der Waals surface area contributed by atoms with Crippen molar-refractivity contribution < 1.29 is 27.1 Å². The minimum atomic E-state index is -4.56. The van der Waals surface area contributed by atoms with Crippen LogP contribution in [-0.2, 0) is 12.7 Å². The van der Waals surface area contributed by atoms with Crippen LogP contribution in [0.25, 0.3) is 11.3 Å². The molecule has 4 rings (SSSR count). The molecule has 0 spiro atoms. The molecule has 10 heteroatoms. The summed E-state index contributed by atoms with van der Waals surface area (Å²) in [5.41, 5.74) is 0.437. The van der Waals surface area contributed by atoms with Crippen LogP contribution in [0, 0.1) is 5.82 Å². The fourth-order valence-corrected chi connectivity index (χ4v) is 3.70. The molecule has 1 atom stereocenters. The van der Waals surface area contributed by atoms with E-state index in [2.05, 4.69) is 15.4 Å². The predicted octanol–water partition coefficient (Wildman–Crippen LogP) is 4.77. The third kappa shape index (κ3) is 4.58. The van der Waals surface area contributed by atoms with Gasteiger partial charge in [-0.05, 0) is 50.1 Å². The van der Waals surface area contributed by atoms with E-state index in [1.54, 1.807) is 17.7 Å². The summed E-state index contributed by atoms with van der Waals surface area (Å²) in [6.45, 7) is 2.67. The average Bonchev–Trinajstić information content (AvgIpc) is 3.18. The number of aryl methyl sites for hydroxylation is 1. The van der Waals surface area contributed by atoms with Crippen LogP contribution in [0.2, 0.25) is 0 Å². The minimum absolute atomic E-state index is 0.120. The monoisotopic (exact) mass is 448 g/mol. The molecule has 1 amide bonds. The zero-order valence-electron chi connectivity index (χ0n) is 17.1. The predicted molar refractivity (Wildman–Crippen MR) is 107 cm³/mol. The number of amides is 1. The lowest BCUT2D eigenvalue weighted by Crippen LogP contribution is -2.32. The summed E-state index contributed by atoms with van der Waals surface area (Å²) in [5.74, 6) is -0.808. The van der Waals surface area contributed by atoms with Crippen molar-refractivity contribution in [3.05, 3.63) is 65.4 Å². The molecule has 3 heterocycles. The summed E-state index contributed by atoms with van der Waals surface area (Å²) in [6.07, 6.45) is -2.13. The Morgan fingerprint density at radius 1 is 1.25 bits per heavy atom. The second-order valence-electron chi connectivity index (χ2n) is 7.38. The highest BCUT2D eigenvalue weighted by molar-refractivity contribution is 5.94. The fourth-order valence-electron chi connectivity index (χ4n) is 3.70. The Morgan fingerprint density at radius 3 is 2.81 bits per heavy atom. The van der Waals surface area contributed by atoms with E-state index in [-0.39, 0.29) is 16.9 Å². The highest BCUT2D eigenvalue weighted by Crippen LogP contribution is 2.33. The van der Waals surface area contributed by atoms with Crippen molar-refractivity contribution in [2.45, 2.75) is 38.5 Å². The van der Waals surface area contributed by atoms with Gasteiger partial charge in [0.25, 0.3) is 5.91 Å². The van der Waals surface area contributed by atoms with E-state index < -0.39 is 29.6 Å². The van der Waals surface area contributed by atoms with Crippen molar-refractivity contribution in [2.24, 2.45) is 0 Å². The molecule has 0 radical (unpaired) electrons. The Balaban J connectivity index is 1.59. The molecule has 1 N–H and O–H groups in total. The number of hydrogen-bond donors (Lipinski definition) is 1. The molecule has 32 heavy (non-hydrogen) atoms. The topological polar surface area (TPSA) is 69.0 Å². The molecule has 6 nitrogen and oxygen atoms in total. The third-order valence-corrected chi connectivity index (χ3v) is 5.13. The molecule has 0 fully saturated rings. The first-order valence-corrected chi connectivity index (χ1v) is 10.1. The smallest absolute Gasteiger partial charge is 0.433 e. The van der Waals surface area contributed by atoms with Gasteiger partial charge in [-0.25, -0.2) is 4.39 Å². The normalized spacial score (nSPS) is 15.8. The summed E-state index contributed by atoms with van der Waals surface area (Å²) in [5, 5.41) is 7.29. The number of carbonyl (C=O) groups excluding carboxylic acids is 1. The Morgan fingerprint density at radius 2 is 2.06 bits per heavy atom. The standard InChI is InChI=1S/C22H20F4N4O2/c1-2-32-16-9-14(8-15(23)11-16)21(31)28-17-4-3-7-30-19(17)12-18(29-30)13-5-6-27-20(10-13)22(24,25)26/h5-6,8-12,17H,2-4,7H2,1H3,(H,28,31)/t17-/m0/s1. The largest absolute Gasteiger partial charge is 0.494 e. The second kappa shape index (κ2) is 8.60. The Kier molecular flexibility index (Phi) is 5.86. The van der Waals surface area contributed by atoms with Gasteiger partial charge < -0.3 is 10.1 Å². The van der Waals surface area contributed by atoms with Crippen LogP contribution < -0.4 is 10.1 Å². The first kappa shape index (κ1) is 21.8. The zero-order valence-corrected chi connectivity index (χ0v) is 17.1. The highest BCUT2D eigenvalue weighted by Gasteiger charge is 2.33. The maximum Gasteiger partial charge on any atom is 0.433 e. The van der Waals surface area contributed by atoms with Gasteiger partial charge >= 0.3 is 6.18 Å². The number of nitrogens with one attached hydrogen (secondary N) is 1. The average molecular weight is 448 g/mol. The van der Waals surface area contributed by atoms with Crippen LogP contribution in [0.3, 0.4) is 0 Å². The van der Waals surface area contributed by atoms with Gasteiger partial charge in [0.1, 0.15) is 17.3 Å². The molecule has 0 aliphatic carbocycles. The van der Waals surface area contributed by atoms with Gasteiger partial charge in [0.05, 0.1) is 24.0 Å². The Bertz CT molecular complexity index is 1140. The number of fused-ring (bicyclic) bond motifs is 1. The SMILES string of the molecule is CCOc1cc(F)cc(C(=O)N[C@H]2CCCn3nc(-c4ccnc(C(F)(F)F)c4)cc32)c1. The third-order valence-electron chi connectivity index (χ3n) is 5.13. The molecule has 0 saturated heterocycles. The van der Waals surface area contributed by atoms with E-state index in [1.165, 1.54) is 18.2 Å². The first-order valence-electron chi connectivity index (χ1n) is 10.1. The maximum absolute atomic E-state index is 13.9. The van der Waals surface area contributed by atoms with E-state index >= 15 is 0 Å². The number of aromatic nitrogens is 3. The zero-order chi connectivity index (χ0) is 22.9. The number of carbonyl (C=O) groups is 1. The van der Waals surface area contributed by atoms with Crippen molar-refractivity contribution >= 4 is 5.91 Å². The summed E-state index contributed by atoms with van der Waals surface area (Å²) >= 11 is 0. The van der Waals surface area contributed by atoms with Gasteiger partial charge in [0.15, 0.2) is 0 Å². The maximum atomic E-state index is 13.9. The number of benzene rings is 1. The highest BCUT2D eigenvalue weighted by atomic mass is 19.4. The first-order chi connectivity index (χ1) is 15.2. The van der Waals surface area contributed by atoms with Gasteiger partial charge in [0.2, 0.25) is 0 Å². The van der Waals surface area contributed by atoms with E-state index in [9.17, 15) is 22.4 Å². The number of halogens is 4. The molecule has 168 valence electrons. The molecule has 0 bridgehead atoms. The molecule has 2 aromatic heterocycles. The lowest BCUT2D eigenvalue weighted by atomic mass is 10.0. The molecule has 1 aliphatic rings. The van der Waals surface area contributed by atoms with Gasteiger partial charge in [-0.3, -0.25) is 14.5 Å². The van der Waals surface area contributed by atoms with E-state index in [4.69, 9.17) is 4.74 Å². The number of ether oxygens (including phenoxy) is 1. The summed E-state index contributed by atoms with van der Waals surface area (Å²) in [6, 6.07) is 7.44. The van der Waals surface area contributed by atoms with Crippen molar-refractivity contribution in [3.63, 3.8) is 0 Å². The van der Waals surface area contributed by atoms with Gasteiger partial charge in [0, 0.05) is 29.9 Å². The molecule has 0 saturated carbocycles. The van der Waals surface area contributed by atoms with E-state index in [0.29, 0.717) is 31.0 Å². The van der Waals surface area contributed by atoms with Gasteiger partial charge in [-0.15, -0.1) is 0 Å². The molecular weight excluding hydrogens is 428 g/mol.